The van der Waals surface area contributed by atoms with Crippen molar-refractivity contribution in [3.63, 3.8) is 0 Å². The molecule has 0 bridgehead atoms. The lowest BCUT2D eigenvalue weighted by atomic mass is 9.82. The molecular formula is C19H19N5O2S. The number of carboxylic acid groups (broad SMARTS) is 1. The van der Waals surface area contributed by atoms with Gasteiger partial charge in [-0.2, -0.15) is 5.21 Å². The minimum absolute atomic E-state index is 0.364. The van der Waals surface area contributed by atoms with Gasteiger partial charge in [-0.25, -0.2) is 4.68 Å². The fourth-order valence-electron chi connectivity index (χ4n) is 3.62. The summed E-state index contributed by atoms with van der Waals surface area (Å²) in [5, 5.41) is 19.7. The zero-order chi connectivity index (χ0) is 19.0. The van der Waals surface area contributed by atoms with E-state index in [1.807, 2.05) is 43.4 Å². The van der Waals surface area contributed by atoms with Crippen LogP contribution in [-0.4, -0.2) is 38.3 Å². The zero-order valence-electron chi connectivity index (χ0n) is 14.8. The lowest BCUT2D eigenvalue weighted by Gasteiger charge is -2.26. The van der Waals surface area contributed by atoms with E-state index >= 15 is 0 Å². The number of H-pyrrole nitrogens is 1. The maximum Gasteiger partial charge on any atom is 0.310 e. The Bertz CT molecular complexity index is 1060. The molecule has 2 aromatic carbocycles. The summed E-state index contributed by atoms with van der Waals surface area (Å²) < 4.78 is 2.00. The van der Waals surface area contributed by atoms with Crippen molar-refractivity contribution in [1.29, 1.82) is 0 Å². The summed E-state index contributed by atoms with van der Waals surface area (Å²) in [6, 6.07) is 13.9. The quantitative estimate of drug-likeness (QED) is 0.672. The van der Waals surface area contributed by atoms with Crippen molar-refractivity contribution in [2.45, 2.75) is 25.2 Å². The number of hydrogen-bond donors (Lipinski definition) is 2. The summed E-state index contributed by atoms with van der Waals surface area (Å²) in [5.74, 6) is -1.14. The van der Waals surface area contributed by atoms with Gasteiger partial charge in [-0.3, -0.25) is 4.79 Å². The van der Waals surface area contributed by atoms with Gasteiger partial charge in [0.15, 0.2) is 0 Å². The number of aromatic amines is 1. The molecule has 0 aliphatic heterocycles. The SMILES string of the molecule is CN(c1cccc(-n2[nH]nnc2=S)c1)c1ccc2c(c1)CCCC2C(=O)O. The summed E-state index contributed by atoms with van der Waals surface area (Å²) in [6.45, 7) is 0. The first-order valence-corrected chi connectivity index (χ1v) is 9.15. The van der Waals surface area contributed by atoms with Crippen LogP contribution in [0.4, 0.5) is 11.4 Å². The van der Waals surface area contributed by atoms with Crippen molar-refractivity contribution in [2.24, 2.45) is 0 Å². The fourth-order valence-corrected chi connectivity index (χ4v) is 3.81. The minimum atomic E-state index is -0.741. The lowest BCUT2D eigenvalue weighted by molar-refractivity contribution is -0.139. The van der Waals surface area contributed by atoms with E-state index in [2.05, 4.69) is 26.5 Å². The lowest BCUT2D eigenvalue weighted by Crippen LogP contribution is -2.19. The molecule has 2 N–H and O–H groups in total. The van der Waals surface area contributed by atoms with E-state index in [4.69, 9.17) is 12.2 Å². The molecule has 0 spiro atoms. The van der Waals surface area contributed by atoms with E-state index in [-0.39, 0.29) is 0 Å². The van der Waals surface area contributed by atoms with Crippen LogP contribution < -0.4 is 4.90 Å². The second kappa shape index (κ2) is 6.96. The Hall–Kier alpha value is -3.00. The van der Waals surface area contributed by atoms with Crippen molar-refractivity contribution < 1.29 is 9.90 Å². The summed E-state index contributed by atoms with van der Waals surface area (Å²) >= 11 is 5.17. The molecule has 4 rings (SSSR count). The van der Waals surface area contributed by atoms with Gasteiger partial charge in [0.05, 0.1) is 11.6 Å². The maximum absolute atomic E-state index is 11.5. The number of hydrogen-bond acceptors (Lipinski definition) is 5. The van der Waals surface area contributed by atoms with Gasteiger partial charge in [-0.1, -0.05) is 22.4 Å². The number of anilines is 2. The number of carbonyl (C=O) groups is 1. The van der Waals surface area contributed by atoms with Crippen LogP contribution in [0.25, 0.3) is 5.69 Å². The van der Waals surface area contributed by atoms with Gasteiger partial charge in [0.2, 0.25) is 4.77 Å². The molecular weight excluding hydrogens is 362 g/mol. The molecule has 1 heterocycles. The normalized spacial score (nSPS) is 16.0. The van der Waals surface area contributed by atoms with E-state index in [1.165, 1.54) is 0 Å². The van der Waals surface area contributed by atoms with Crippen molar-refractivity contribution >= 4 is 29.6 Å². The number of rotatable bonds is 4. The fraction of sp³-hybridized carbons (Fsp3) is 0.263. The second-order valence-corrected chi connectivity index (χ2v) is 7.03. The van der Waals surface area contributed by atoms with Crippen molar-refractivity contribution in [1.82, 2.24) is 20.2 Å². The monoisotopic (exact) mass is 381 g/mol. The highest BCUT2D eigenvalue weighted by atomic mass is 32.1. The zero-order valence-corrected chi connectivity index (χ0v) is 15.6. The maximum atomic E-state index is 11.5. The Balaban J connectivity index is 1.68. The second-order valence-electron chi connectivity index (χ2n) is 6.66. The summed E-state index contributed by atoms with van der Waals surface area (Å²) in [5.41, 5.74) is 4.90. The van der Waals surface area contributed by atoms with E-state index in [1.54, 1.807) is 4.68 Å². The molecule has 7 nitrogen and oxygen atoms in total. The molecule has 3 aromatic rings. The third-order valence-electron chi connectivity index (χ3n) is 5.07. The Morgan fingerprint density at radius 1 is 1.30 bits per heavy atom. The first-order chi connectivity index (χ1) is 13.0. The molecule has 27 heavy (non-hydrogen) atoms. The van der Waals surface area contributed by atoms with E-state index < -0.39 is 11.9 Å². The van der Waals surface area contributed by atoms with Gasteiger partial charge in [-0.05, 0) is 72.9 Å². The highest BCUT2D eigenvalue weighted by Gasteiger charge is 2.26. The summed E-state index contributed by atoms with van der Waals surface area (Å²) in [7, 11) is 1.99. The average molecular weight is 381 g/mol. The first kappa shape index (κ1) is 17.4. The highest BCUT2D eigenvalue weighted by molar-refractivity contribution is 7.71. The third kappa shape index (κ3) is 3.23. The molecule has 1 unspecified atom stereocenters. The van der Waals surface area contributed by atoms with Crippen LogP contribution >= 0.6 is 12.2 Å². The van der Waals surface area contributed by atoms with Crippen molar-refractivity contribution in [3.8, 4) is 5.69 Å². The van der Waals surface area contributed by atoms with Crippen LogP contribution in [0.15, 0.2) is 42.5 Å². The standard InChI is InChI=1S/C19H19N5O2S/c1-23(13-5-3-6-15(11-13)24-19(27)20-21-22-24)14-8-9-16-12(10-14)4-2-7-17(16)18(25)26/h3,5-6,8-11,17H,2,4,7H2,1H3,(H,25,26)(H,20,22,27). The topological polar surface area (TPSA) is 87.0 Å². The Morgan fingerprint density at radius 2 is 2.11 bits per heavy atom. The number of nitrogens with one attached hydrogen (secondary N) is 1. The molecule has 0 radical (unpaired) electrons. The number of benzene rings is 2. The van der Waals surface area contributed by atoms with Crippen LogP contribution in [-0.2, 0) is 11.2 Å². The Labute approximate surface area is 161 Å². The van der Waals surface area contributed by atoms with Gasteiger partial charge in [0.1, 0.15) is 0 Å². The predicted molar refractivity (Wildman–Crippen MR) is 104 cm³/mol. The minimum Gasteiger partial charge on any atom is -0.481 e. The highest BCUT2D eigenvalue weighted by Crippen LogP contribution is 2.35. The van der Waals surface area contributed by atoms with E-state index in [0.717, 1.165) is 41.0 Å². The largest absolute Gasteiger partial charge is 0.481 e. The molecule has 1 aromatic heterocycles. The molecule has 8 heteroatoms. The van der Waals surface area contributed by atoms with Gasteiger partial charge in [0, 0.05) is 18.4 Å². The third-order valence-corrected chi connectivity index (χ3v) is 5.34. The van der Waals surface area contributed by atoms with Crippen molar-refractivity contribution in [3.05, 3.63) is 58.4 Å². The van der Waals surface area contributed by atoms with Gasteiger partial charge in [-0.15, -0.1) is 0 Å². The molecule has 0 saturated carbocycles. The average Bonchev–Trinajstić information content (AvgIpc) is 3.12. The number of fused-ring (bicyclic) bond motifs is 1. The Kier molecular flexibility index (Phi) is 4.49. The number of aliphatic carboxylic acids is 1. The van der Waals surface area contributed by atoms with Crippen LogP contribution in [0.3, 0.4) is 0 Å². The summed E-state index contributed by atoms with van der Waals surface area (Å²) in [6.07, 6.45) is 2.52. The van der Waals surface area contributed by atoms with Gasteiger partial charge < -0.3 is 10.0 Å². The van der Waals surface area contributed by atoms with Gasteiger partial charge >= 0.3 is 5.97 Å². The number of tetrazole rings is 1. The molecule has 0 saturated heterocycles. The molecule has 1 aliphatic carbocycles. The molecule has 1 atom stereocenters. The Morgan fingerprint density at radius 3 is 2.85 bits per heavy atom. The van der Waals surface area contributed by atoms with Crippen molar-refractivity contribution in [2.75, 3.05) is 11.9 Å². The summed E-state index contributed by atoms with van der Waals surface area (Å²) in [4.78, 5) is 13.6. The van der Waals surface area contributed by atoms with Crippen LogP contribution in [0.5, 0.6) is 0 Å². The molecule has 138 valence electrons. The molecule has 0 amide bonds. The van der Waals surface area contributed by atoms with E-state index in [0.29, 0.717) is 11.2 Å². The van der Waals surface area contributed by atoms with Gasteiger partial charge in [0.25, 0.3) is 0 Å². The first-order valence-electron chi connectivity index (χ1n) is 8.74. The number of aryl methyl sites for hydroxylation is 1. The van der Waals surface area contributed by atoms with E-state index in [9.17, 15) is 9.90 Å². The number of aromatic nitrogens is 4. The smallest absolute Gasteiger partial charge is 0.310 e. The molecule has 0 fully saturated rings. The molecule has 1 aliphatic rings. The number of nitrogens with zero attached hydrogens (tertiary/aromatic N) is 4. The van der Waals surface area contributed by atoms with Crippen LogP contribution in [0, 0.1) is 4.77 Å². The predicted octanol–water partition coefficient (Wildman–Crippen LogP) is 3.60. The van der Waals surface area contributed by atoms with Crippen LogP contribution in [0.1, 0.15) is 29.9 Å². The number of carboxylic acids is 1. The van der Waals surface area contributed by atoms with Crippen LogP contribution in [0.2, 0.25) is 0 Å².